The Balaban J connectivity index is 1.64. The minimum atomic E-state index is -3.51. The van der Waals surface area contributed by atoms with Gasteiger partial charge in [0.25, 0.3) is 0 Å². The van der Waals surface area contributed by atoms with Crippen LogP contribution in [0.15, 0.2) is 35.4 Å². The summed E-state index contributed by atoms with van der Waals surface area (Å²) in [4.78, 5) is 15.5. The molecule has 1 aromatic heterocycles. The molecule has 0 saturated carbocycles. The smallest absolute Gasteiger partial charge is 0.243 e. The van der Waals surface area contributed by atoms with Gasteiger partial charge < -0.3 is 10.3 Å². The average molecular weight is 363 g/mol. The topological polar surface area (TPSA) is 82.3 Å². The van der Waals surface area contributed by atoms with Crippen LogP contribution in [-0.4, -0.2) is 43.2 Å². The van der Waals surface area contributed by atoms with Crippen molar-refractivity contribution in [2.24, 2.45) is 5.92 Å². The number of amides is 1. The summed E-state index contributed by atoms with van der Waals surface area (Å²) >= 11 is 0. The molecule has 1 amide bonds. The zero-order valence-electron chi connectivity index (χ0n) is 14.5. The van der Waals surface area contributed by atoms with Crippen molar-refractivity contribution in [3.8, 4) is 0 Å². The first-order valence-corrected chi connectivity index (χ1v) is 10.3. The molecule has 7 heteroatoms. The Morgan fingerprint density at radius 1 is 1.28 bits per heavy atom. The van der Waals surface area contributed by atoms with E-state index in [0.29, 0.717) is 37.4 Å². The molecule has 0 aliphatic carbocycles. The molecule has 0 unspecified atom stereocenters. The number of carbonyl (C=O) groups is 1. The number of hydrogen-bond donors (Lipinski definition) is 2. The molecule has 25 heavy (non-hydrogen) atoms. The lowest BCUT2D eigenvalue weighted by Gasteiger charge is -2.30. The van der Waals surface area contributed by atoms with Crippen LogP contribution in [0.4, 0.5) is 0 Å². The molecule has 6 nitrogen and oxygen atoms in total. The number of fused-ring (bicyclic) bond motifs is 1. The highest BCUT2D eigenvalue weighted by molar-refractivity contribution is 7.89. The number of benzene rings is 1. The van der Waals surface area contributed by atoms with Gasteiger partial charge in [0.05, 0.1) is 4.90 Å². The van der Waals surface area contributed by atoms with E-state index in [1.807, 2.05) is 6.07 Å². The SMILES string of the molecule is CCCCNC(=O)C1CCN(S(=O)(=O)c2ccc3[nH]ccc3c2)CC1. The number of hydrogen-bond acceptors (Lipinski definition) is 3. The molecule has 2 heterocycles. The lowest BCUT2D eigenvalue weighted by Crippen LogP contribution is -2.43. The Kier molecular flexibility index (Phi) is 5.44. The fourth-order valence-electron chi connectivity index (χ4n) is 3.23. The number of aromatic nitrogens is 1. The maximum absolute atomic E-state index is 12.9. The molecule has 1 aliphatic rings. The minimum absolute atomic E-state index is 0.0549. The van der Waals surface area contributed by atoms with E-state index in [0.717, 1.165) is 23.7 Å². The first-order chi connectivity index (χ1) is 12.0. The number of H-pyrrole nitrogens is 1. The molecule has 1 aliphatic heterocycles. The second-order valence-corrected chi connectivity index (χ2v) is 8.49. The molecule has 2 N–H and O–H groups in total. The number of rotatable bonds is 6. The standard InChI is InChI=1S/C18H25N3O3S/c1-2-3-9-20-18(22)14-7-11-21(12-8-14)25(23,24)16-4-5-17-15(13-16)6-10-19-17/h4-6,10,13-14,19H,2-3,7-9,11-12H2,1H3,(H,20,22). The van der Waals surface area contributed by atoms with Crippen LogP contribution in [0.3, 0.4) is 0 Å². The molecule has 0 radical (unpaired) electrons. The van der Waals surface area contributed by atoms with Crippen molar-refractivity contribution in [2.45, 2.75) is 37.5 Å². The second-order valence-electron chi connectivity index (χ2n) is 6.55. The van der Waals surface area contributed by atoms with Crippen LogP contribution in [0.2, 0.25) is 0 Å². The van der Waals surface area contributed by atoms with Crippen molar-refractivity contribution in [2.75, 3.05) is 19.6 Å². The maximum Gasteiger partial charge on any atom is 0.243 e. The van der Waals surface area contributed by atoms with E-state index >= 15 is 0 Å². The minimum Gasteiger partial charge on any atom is -0.361 e. The van der Waals surface area contributed by atoms with Crippen LogP contribution >= 0.6 is 0 Å². The van der Waals surface area contributed by atoms with Crippen molar-refractivity contribution in [3.05, 3.63) is 30.5 Å². The quantitative estimate of drug-likeness (QED) is 0.774. The summed E-state index contributed by atoms with van der Waals surface area (Å²) in [6, 6.07) is 6.99. The summed E-state index contributed by atoms with van der Waals surface area (Å²) in [6.07, 6.45) is 4.96. The lowest BCUT2D eigenvalue weighted by molar-refractivity contribution is -0.126. The maximum atomic E-state index is 12.9. The number of carbonyl (C=O) groups excluding carboxylic acids is 1. The summed E-state index contributed by atoms with van der Waals surface area (Å²) < 4.78 is 27.2. The Hall–Kier alpha value is -1.86. The lowest BCUT2D eigenvalue weighted by atomic mass is 9.97. The van der Waals surface area contributed by atoms with Gasteiger partial charge in [-0.1, -0.05) is 13.3 Å². The Labute approximate surface area is 148 Å². The van der Waals surface area contributed by atoms with E-state index in [2.05, 4.69) is 17.2 Å². The summed E-state index contributed by atoms with van der Waals surface area (Å²) in [5.41, 5.74) is 0.918. The molecule has 0 bridgehead atoms. The number of aromatic amines is 1. The van der Waals surface area contributed by atoms with Crippen molar-refractivity contribution in [1.82, 2.24) is 14.6 Å². The Morgan fingerprint density at radius 3 is 2.76 bits per heavy atom. The van der Waals surface area contributed by atoms with Crippen LogP contribution in [0.1, 0.15) is 32.6 Å². The first-order valence-electron chi connectivity index (χ1n) is 8.87. The van der Waals surface area contributed by atoms with Gasteiger partial charge in [-0.3, -0.25) is 4.79 Å². The average Bonchev–Trinajstić information content (AvgIpc) is 3.09. The van der Waals surface area contributed by atoms with Gasteiger partial charge in [-0.15, -0.1) is 0 Å². The number of unbranched alkanes of at least 4 members (excludes halogenated alkanes) is 1. The fraction of sp³-hybridized carbons (Fsp3) is 0.500. The van der Waals surface area contributed by atoms with Gasteiger partial charge in [-0.05, 0) is 43.5 Å². The van der Waals surface area contributed by atoms with Crippen molar-refractivity contribution in [1.29, 1.82) is 0 Å². The molecule has 1 fully saturated rings. The predicted octanol–water partition coefficient (Wildman–Crippen LogP) is 2.48. The largest absolute Gasteiger partial charge is 0.361 e. The van der Waals surface area contributed by atoms with Gasteiger partial charge in [-0.2, -0.15) is 4.31 Å². The zero-order chi connectivity index (χ0) is 17.9. The Morgan fingerprint density at radius 2 is 2.04 bits per heavy atom. The Bertz CT molecular complexity index is 836. The molecular weight excluding hydrogens is 338 g/mol. The van der Waals surface area contributed by atoms with Gasteiger partial charge in [-0.25, -0.2) is 8.42 Å². The van der Waals surface area contributed by atoms with E-state index in [1.165, 1.54) is 4.31 Å². The van der Waals surface area contributed by atoms with Crippen molar-refractivity contribution < 1.29 is 13.2 Å². The number of nitrogens with zero attached hydrogens (tertiary/aromatic N) is 1. The number of piperidine rings is 1. The molecule has 0 atom stereocenters. The highest BCUT2D eigenvalue weighted by atomic mass is 32.2. The summed E-state index contributed by atoms with van der Waals surface area (Å²) in [5.74, 6) is -0.0327. The first kappa shape index (κ1) is 17.9. The monoisotopic (exact) mass is 363 g/mol. The van der Waals surface area contributed by atoms with E-state index < -0.39 is 10.0 Å². The third kappa shape index (κ3) is 3.88. The fourth-order valence-corrected chi connectivity index (χ4v) is 4.74. The summed E-state index contributed by atoms with van der Waals surface area (Å²) in [7, 11) is -3.51. The third-order valence-electron chi connectivity index (χ3n) is 4.82. The van der Waals surface area contributed by atoms with Crippen LogP contribution in [0, 0.1) is 5.92 Å². The molecule has 2 aromatic rings. The normalized spacial score (nSPS) is 17.0. The highest BCUT2D eigenvalue weighted by Gasteiger charge is 2.32. The van der Waals surface area contributed by atoms with Gasteiger partial charge in [0.1, 0.15) is 0 Å². The summed E-state index contributed by atoms with van der Waals surface area (Å²) in [6.45, 7) is 3.56. The molecule has 0 spiro atoms. The zero-order valence-corrected chi connectivity index (χ0v) is 15.3. The molecule has 1 aromatic carbocycles. The van der Waals surface area contributed by atoms with Crippen molar-refractivity contribution in [3.63, 3.8) is 0 Å². The van der Waals surface area contributed by atoms with Gasteiger partial charge >= 0.3 is 0 Å². The summed E-state index contributed by atoms with van der Waals surface area (Å²) in [5, 5.41) is 3.83. The number of nitrogens with one attached hydrogen (secondary N) is 2. The molecule has 136 valence electrons. The van der Waals surface area contributed by atoms with E-state index in [9.17, 15) is 13.2 Å². The predicted molar refractivity (Wildman–Crippen MR) is 97.7 cm³/mol. The third-order valence-corrected chi connectivity index (χ3v) is 6.71. The molecule has 1 saturated heterocycles. The molecule has 3 rings (SSSR count). The number of sulfonamides is 1. The van der Waals surface area contributed by atoms with Crippen LogP contribution in [0.5, 0.6) is 0 Å². The van der Waals surface area contributed by atoms with Gasteiger partial charge in [0.2, 0.25) is 15.9 Å². The van der Waals surface area contributed by atoms with Gasteiger partial charge in [0.15, 0.2) is 0 Å². The van der Waals surface area contributed by atoms with Crippen LogP contribution in [0.25, 0.3) is 10.9 Å². The van der Waals surface area contributed by atoms with Crippen LogP contribution in [-0.2, 0) is 14.8 Å². The van der Waals surface area contributed by atoms with Crippen molar-refractivity contribution >= 4 is 26.8 Å². The van der Waals surface area contributed by atoms with E-state index in [-0.39, 0.29) is 11.8 Å². The second kappa shape index (κ2) is 7.58. The highest BCUT2D eigenvalue weighted by Crippen LogP contribution is 2.26. The van der Waals surface area contributed by atoms with E-state index in [1.54, 1.807) is 24.4 Å². The van der Waals surface area contributed by atoms with Crippen LogP contribution < -0.4 is 5.32 Å². The van der Waals surface area contributed by atoms with E-state index in [4.69, 9.17) is 0 Å². The molecular formula is C18H25N3O3S. The van der Waals surface area contributed by atoms with Gasteiger partial charge in [0, 0.05) is 42.7 Å².